The number of hydrogen-bond donors (Lipinski definition) is 1. The number of fused-ring (bicyclic) bond motifs is 1. The van der Waals surface area contributed by atoms with Gasteiger partial charge in [-0.25, -0.2) is 4.68 Å². The van der Waals surface area contributed by atoms with Crippen LogP contribution in [-0.4, -0.2) is 36.5 Å². The summed E-state index contributed by atoms with van der Waals surface area (Å²) >= 11 is 0. The van der Waals surface area contributed by atoms with Crippen LogP contribution in [0, 0.1) is 0 Å². The van der Waals surface area contributed by atoms with Gasteiger partial charge in [0.05, 0.1) is 26.5 Å². The summed E-state index contributed by atoms with van der Waals surface area (Å²) in [6.07, 6.45) is 0. The quantitative estimate of drug-likeness (QED) is 0.495. The molecule has 0 spiro atoms. The summed E-state index contributed by atoms with van der Waals surface area (Å²) in [6.45, 7) is 0.435. The second-order valence-electron chi connectivity index (χ2n) is 6.75. The number of carbonyl (C=O) groups excluding carboxylic acids is 1. The zero-order valence-electron chi connectivity index (χ0n) is 17.1. The van der Waals surface area contributed by atoms with Crippen molar-refractivity contribution in [1.82, 2.24) is 15.1 Å². The summed E-state index contributed by atoms with van der Waals surface area (Å²) in [7, 11) is 3.14. The highest BCUT2D eigenvalue weighted by atomic mass is 16.5. The van der Waals surface area contributed by atoms with E-state index < -0.39 is 0 Å². The van der Waals surface area contributed by atoms with Gasteiger partial charge in [0, 0.05) is 23.6 Å². The molecule has 1 N–H and O–H groups in total. The molecule has 0 unspecified atom stereocenters. The van der Waals surface area contributed by atoms with Gasteiger partial charge in [0.15, 0.2) is 17.1 Å². The van der Waals surface area contributed by atoms with Gasteiger partial charge < -0.3 is 19.2 Å². The summed E-state index contributed by atoms with van der Waals surface area (Å²) in [4.78, 5) is 24.6. The number of nitrogens with zero attached hydrogens (tertiary/aromatic N) is 2. The number of benzene rings is 2. The van der Waals surface area contributed by atoms with Crippen molar-refractivity contribution in [2.75, 3.05) is 20.8 Å². The highest BCUT2D eigenvalue weighted by Crippen LogP contribution is 2.28. The molecule has 4 rings (SSSR count). The lowest BCUT2D eigenvalue weighted by Gasteiger charge is -2.08. The third kappa shape index (κ3) is 4.28. The van der Waals surface area contributed by atoms with Crippen molar-refractivity contribution >= 4 is 16.9 Å². The molecular formula is C23H21N3O5. The van der Waals surface area contributed by atoms with Crippen molar-refractivity contribution in [3.63, 3.8) is 0 Å². The fraction of sp³-hybridized carbons (Fsp3) is 0.174. The van der Waals surface area contributed by atoms with Gasteiger partial charge in [-0.05, 0) is 42.5 Å². The third-order valence-corrected chi connectivity index (χ3v) is 4.81. The monoisotopic (exact) mass is 419 g/mol. The van der Waals surface area contributed by atoms with E-state index in [9.17, 15) is 9.59 Å². The van der Waals surface area contributed by atoms with Gasteiger partial charge in [-0.15, -0.1) is 0 Å². The average molecular weight is 419 g/mol. The minimum absolute atomic E-state index is 0.173. The summed E-state index contributed by atoms with van der Waals surface area (Å²) in [5, 5.41) is 7.93. The van der Waals surface area contributed by atoms with Crippen LogP contribution in [0.2, 0.25) is 0 Å². The van der Waals surface area contributed by atoms with Gasteiger partial charge in [0.1, 0.15) is 5.75 Å². The molecular weight excluding hydrogens is 398 g/mol. The number of rotatable bonds is 7. The molecule has 0 aliphatic rings. The van der Waals surface area contributed by atoms with Gasteiger partial charge in [0.25, 0.3) is 11.5 Å². The molecule has 0 aliphatic carbocycles. The van der Waals surface area contributed by atoms with Gasteiger partial charge in [-0.1, -0.05) is 12.1 Å². The molecule has 0 bridgehead atoms. The number of amides is 1. The first-order valence-electron chi connectivity index (χ1n) is 9.66. The van der Waals surface area contributed by atoms with Gasteiger partial charge in [-0.3, -0.25) is 9.59 Å². The molecule has 0 radical (unpaired) electrons. The second kappa shape index (κ2) is 8.74. The first-order valence-corrected chi connectivity index (χ1v) is 9.66. The molecule has 2 aromatic carbocycles. The molecule has 0 atom stereocenters. The smallest absolute Gasteiger partial charge is 0.287 e. The topological polar surface area (TPSA) is 95.6 Å². The molecule has 8 nitrogen and oxygen atoms in total. The van der Waals surface area contributed by atoms with Crippen LogP contribution in [0.15, 0.2) is 69.9 Å². The van der Waals surface area contributed by atoms with E-state index in [1.165, 1.54) is 10.7 Å². The Morgan fingerprint density at radius 2 is 1.87 bits per heavy atom. The Balaban J connectivity index is 1.44. The van der Waals surface area contributed by atoms with Crippen LogP contribution in [0.5, 0.6) is 11.5 Å². The second-order valence-corrected chi connectivity index (χ2v) is 6.75. The summed E-state index contributed by atoms with van der Waals surface area (Å²) in [5.41, 5.74) is 1.77. The molecule has 31 heavy (non-hydrogen) atoms. The van der Waals surface area contributed by atoms with Crippen molar-refractivity contribution in [2.45, 2.75) is 6.54 Å². The Kier molecular flexibility index (Phi) is 5.70. The minimum atomic E-state index is -0.377. The maximum atomic E-state index is 12.5. The maximum absolute atomic E-state index is 12.5. The molecule has 4 aromatic rings. The Morgan fingerprint density at radius 1 is 1.06 bits per heavy atom. The summed E-state index contributed by atoms with van der Waals surface area (Å²) < 4.78 is 17.4. The van der Waals surface area contributed by atoms with E-state index in [1.54, 1.807) is 32.4 Å². The van der Waals surface area contributed by atoms with Crippen LogP contribution in [0.1, 0.15) is 10.6 Å². The van der Waals surface area contributed by atoms with Crippen LogP contribution in [-0.2, 0) is 6.54 Å². The van der Waals surface area contributed by atoms with Crippen LogP contribution in [0.25, 0.3) is 22.2 Å². The molecule has 0 saturated carbocycles. The van der Waals surface area contributed by atoms with Crippen molar-refractivity contribution in [1.29, 1.82) is 0 Å². The van der Waals surface area contributed by atoms with E-state index in [1.807, 2.05) is 36.4 Å². The van der Waals surface area contributed by atoms with Crippen LogP contribution < -0.4 is 20.3 Å². The summed E-state index contributed by atoms with van der Waals surface area (Å²) in [5.74, 6) is 1.09. The van der Waals surface area contributed by atoms with Gasteiger partial charge in [-0.2, -0.15) is 5.10 Å². The van der Waals surface area contributed by atoms with Crippen molar-refractivity contribution in [3.05, 3.63) is 76.8 Å². The van der Waals surface area contributed by atoms with E-state index in [2.05, 4.69) is 10.4 Å². The zero-order chi connectivity index (χ0) is 21.8. The average Bonchev–Trinajstić information content (AvgIpc) is 3.25. The van der Waals surface area contributed by atoms with Crippen molar-refractivity contribution in [3.8, 4) is 22.8 Å². The molecule has 0 saturated heterocycles. The predicted octanol–water partition coefficient (Wildman–Crippen LogP) is 3.10. The molecule has 2 heterocycles. The number of ether oxygens (including phenoxy) is 2. The first-order chi connectivity index (χ1) is 15.1. The number of nitrogens with one attached hydrogen (secondary N) is 1. The highest BCUT2D eigenvalue weighted by Gasteiger charge is 2.14. The first kappa shape index (κ1) is 20.2. The fourth-order valence-electron chi connectivity index (χ4n) is 3.20. The molecule has 8 heteroatoms. The number of methoxy groups -OCH3 is 2. The van der Waals surface area contributed by atoms with Gasteiger partial charge in [0.2, 0.25) is 0 Å². The van der Waals surface area contributed by atoms with Crippen LogP contribution in [0.4, 0.5) is 0 Å². The molecule has 2 aromatic heterocycles. The van der Waals surface area contributed by atoms with Crippen molar-refractivity contribution in [2.24, 2.45) is 0 Å². The lowest BCUT2D eigenvalue weighted by atomic mass is 10.1. The number of furan rings is 1. The van der Waals surface area contributed by atoms with E-state index >= 15 is 0 Å². The molecule has 1 amide bonds. The maximum Gasteiger partial charge on any atom is 0.287 e. The largest absolute Gasteiger partial charge is 0.497 e. The van der Waals surface area contributed by atoms with Gasteiger partial charge >= 0.3 is 0 Å². The normalized spacial score (nSPS) is 10.8. The molecule has 0 fully saturated rings. The molecule has 158 valence electrons. The van der Waals surface area contributed by atoms with E-state index in [0.717, 1.165) is 16.7 Å². The Labute approximate surface area is 178 Å². The van der Waals surface area contributed by atoms with Crippen LogP contribution >= 0.6 is 0 Å². The minimum Gasteiger partial charge on any atom is -0.497 e. The Bertz CT molecular complexity index is 1270. The number of carbonyl (C=O) groups is 1. The molecule has 0 aliphatic heterocycles. The Morgan fingerprint density at radius 3 is 2.61 bits per heavy atom. The van der Waals surface area contributed by atoms with Crippen LogP contribution in [0.3, 0.4) is 0 Å². The SMILES string of the molecule is COc1ccc(-c2ccc(=O)n(CCNC(=O)c3cc4cccc(OC)c4o3)n2)cc1. The zero-order valence-corrected chi connectivity index (χ0v) is 17.1. The standard InChI is InChI=1S/C23H21N3O5/c1-29-17-8-6-15(7-9-17)18-10-11-21(27)26(25-18)13-12-24-23(28)20-14-16-4-3-5-19(30-2)22(16)31-20/h3-11,14H,12-13H2,1-2H3,(H,24,28). The van der Waals surface area contributed by atoms with E-state index in [-0.39, 0.29) is 30.3 Å². The van der Waals surface area contributed by atoms with Crippen molar-refractivity contribution < 1.29 is 18.7 Å². The lowest BCUT2D eigenvalue weighted by Crippen LogP contribution is -2.31. The summed E-state index contributed by atoms with van der Waals surface area (Å²) in [6, 6.07) is 17.6. The van der Waals surface area contributed by atoms with E-state index in [4.69, 9.17) is 13.9 Å². The lowest BCUT2D eigenvalue weighted by molar-refractivity contribution is 0.0926. The number of aromatic nitrogens is 2. The van der Waals surface area contributed by atoms with E-state index in [0.29, 0.717) is 17.0 Å². The number of para-hydroxylation sites is 1. The Hall–Kier alpha value is -4.07. The predicted molar refractivity (Wildman–Crippen MR) is 116 cm³/mol. The highest BCUT2D eigenvalue weighted by molar-refractivity contribution is 5.97. The number of hydrogen-bond acceptors (Lipinski definition) is 6. The fourth-order valence-corrected chi connectivity index (χ4v) is 3.20. The third-order valence-electron chi connectivity index (χ3n) is 4.81.